The first-order valence-electron chi connectivity index (χ1n) is 9.66. The molecule has 1 aromatic carbocycles. The van der Waals surface area contributed by atoms with Gasteiger partial charge in [-0.3, -0.25) is 4.79 Å². The Morgan fingerprint density at radius 1 is 1.11 bits per heavy atom. The third kappa shape index (κ3) is 3.38. The van der Waals surface area contributed by atoms with Crippen LogP contribution in [0, 0.1) is 6.92 Å². The molecule has 4 rings (SSSR count). The van der Waals surface area contributed by atoms with E-state index in [1.165, 1.54) is 0 Å². The molecule has 0 saturated heterocycles. The summed E-state index contributed by atoms with van der Waals surface area (Å²) in [6.07, 6.45) is 5.27. The smallest absolute Gasteiger partial charge is 0.355 e. The fourth-order valence-corrected chi connectivity index (χ4v) is 4.37. The van der Waals surface area contributed by atoms with Gasteiger partial charge in [0.15, 0.2) is 5.78 Å². The van der Waals surface area contributed by atoms with Crippen molar-refractivity contribution in [2.45, 2.75) is 57.5 Å². The molecule has 2 aliphatic rings. The summed E-state index contributed by atoms with van der Waals surface area (Å²) in [5, 5.41) is 0. The minimum Gasteiger partial charge on any atom is -0.497 e. The van der Waals surface area contributed by atoms with Gasteiger partial charge in [-0.25, -0.2) is 4.79 Å². The van der Waals surface area contributed by atoms with Gasteiger partial charge in [0.25, 0.3) is 0 Å². The van der Waals surface area contributed by atoms with E-state index in [0.717, 1.165) is 48.3 Å². The highest BCUT2D eigenvalue weighted by molar-refractivity contribution is 6.03. The van der Waals surface area contributed by atoms with E-state index in [2.05, 4.69) is 4.98 Å². The van der Waals surface area contributed by atoms with Crippen LogP contribution >= 0.6 is 0 Å². The van der Waals surface area contributed by atoms with Gasteiger partial charge in [-0.2, -0.15) is 0 Å². The maximum Gasteiger partial charge on any atom is 0.355 e. The van der Waals surface area contributed by atoms with Crippen molar-refractivity contribution in [1.29, 1.82) is 0 Å². The van der Waals surface area contributed by atoms with Crippen LogP contribution in [0.1, 0.15) is 75.7 Å². The number of methoxy groups -OCH3 is 1. The number of H-pyrrole nitrogens is 1. The summed E-state index contributed by atoms with van der Waals surface area (Å²) in [6, 6.07) is 7.85. The average molecular weight is 367 g/mol. The van der Waals surface area contributed by atoms with Crippen LogP contribution in [0.5, 0.6) is 5.75 Å². The Morgan fingerprint density at radius 2 is 1.81 bits per heavy atom. The molecule has 5 heteroatoms. The van der Waals surface area contributed by atoms with Crippen LogP contribution in [-0.4, -0.2) is 30.0 Å². The number of fused-ring (bicyclic) bond motifs is 1. The normalized spacial score (nSPS) is 19.8. The Labute approximate surface area is 159 Å². The highest BCUT2D eigenvalue weighted by Crippen LogP contribution is 2.36. The highest BCUT2D eigenvalue weighted by Gasteiger charge is 2.33. The van der Waals surface area contributed by atoms with Crippen LogP contribution in [0.3, 0.4) is 0 Å². The molecule has 0 unspecified atom stereocenters. The first-order chi connectivity index (χ1) is 13.1. The number of nitrogens with one attached hydrogen (secondary N) is 1. The summed E-state index contributed by atoms with van der Waals surface area (Å²) in [7, 11) is 1.64. The summed E-state index contributed by atoms with van der Waals surface area (Å²) in [5.41, 5.74) is 3.81. The van der Waals surface area contributed by atoms with Gasteiger partial charge in [0.2, 0.25) is 0 Å². The fraction of sp³-hybridized carbons (Fsp3) is 0.455. The first-order valence-corrected chi connectivity index (χ1v) is 9.66. The van der Waals surface area contributed by atoms with E-state index < -0.39 is 0 Å². The van der Waals surface area contributed by atoms with Crippen molar-refractivity contribution in [2.24, 2.45) is 0 Å². The summed E-state index contributed by atoms with van der Waals surface area (Å²) in [4.78, 5) is 28.6. The lowest BCUT2D eigenvalue weighted by Crippen LogP contribution is -2.18. The third-order valence-electron chi connectivity index (χ3n) is 5.86. The molecule has 0 aliphatic heterocycles. The number of carbonyl (C=O) groups is 2. The van der Waals surface area contributed by atoms with E-state index >= 15 is 0 Å². The van der Waals surface area contributed by atoms with Crippen LogP contribution in [0.25, 0.3) is 0 Å². The second-order valence-electron chi connectivity index (χ2n) is 7.59. The molecule has 1 N–H and O–H groups in total. The van der Waals surface area contributed by atoms with Crippen LogP contribution in [0.15, 0.2) is 24.3 Å². The topological polar surface area (TPSA) is 68.4 Å². The molecule has 142 valence electrons. The van der Waals surface area contributed by atoms with Gasteiger partial charge in [-0.05, 0) is 68.2 Å². The molecule has 1 heterocycles. The molecule has 1 aromatic heterocycles. The number of aromatic amines is 1. The Bertz CT molecular complexity index is 859. The Morgan fingerprint density at radius 3 is 2.48 bits per heavy atom. The molecule has 5 nitrogen and oxygen atoms in total. The minimum atomic E-state index is -0.331. The van der Waals surface area contributed by atoms with Crippen molar-refractivity contribution in [2.75, 3.05) is 7.11 Å². The van der Waals surface area contributed by atoms with Crippen molar-refractivity contribution in [1.82, 2.24) is 4.98 Å². The second kappa shape index (κ2) is 7.22. The zero-order chi connectivity index (χ0) is 19.0. The number of ether oxygens (including phenoxy) is 2. The highest BCUT2D eigenvalue weighted by atomic mass is 16.5. The molecule has 0 amide bonds. The van der Waals surface area contributed by atoms with Crippen molar-refractivity contribution < 1.29 is 19.1 Å². The van der Waals surface area contributed by atoms with E-state index in [1.54, 1.807) is 7.11 Å². The van der Waals surface area contributed by atoms with Gasteiger partial charge in [-0.15, -0.1) is 0 Å². The quantitative estimate of drug-likeness (QED) is 0.816. The second-order valence-corrected chi connectivity index (χ2v) is 7.59. The average Bonchev–Trinajstić information content (AvgIpc) is 3.29. The van der Waals surface area contributed by atoms with Crippen molar-refractivity contribution in [3.8, 4) is 5.75 Å². The van der Waals surface area contributed by atoms with E-state index in [4.69, 9.17) is 9.47 Å². The van der Waals surface area contributed by atoms with Crippen LogP contribution in [0.2, 0.25) is 0 Å². The standard InChI is InChI=1S/C22H25NO4/c1-13-20-18(23-21(13)22(25)27-17-5-3-4-6-17)11-15(12-19(20)24)14-7-9-16(26-2)10-8-14/h7-10,15,17,23H,3-6,11-12H2,1-2H3/t15-/m1/s1. The number of carbonyl (C=O) groups excluding carboxylic acids is 2. The van der Waals surface area contributed by atoms with Gasteiger partial charge in [0, 0.05) is 17.7 Å². The largest absolute Gasteiger partial charge is 0.497 e. The van der Waals surface area contributed by atoms with Gasteiger partial charge in [0.05, 0.1) is 7.11 Å². The molecular weight excluding hydrogens is 342 g/mol. The lowest BCUT2D eigenvalue weighted by molar-refractivity contribution is 0.0310. The number of benzene rings is 1. The van der Waals surface area contributed by atoms with Crippen LogP contribution < -0.4 is 4.74 Å². The lowest BCUT2D eigenvalue weighted by Gasteiger charge is -2.22. The maximum absolute atomic E-state index is 12.8. The number of ketones is 1. The Balaban J connectivity index is 1.57. The molecule has 1 atom stereocenters. The SMILES string of the molecule is COc1ccc([C@H]2CC(=O)c3c([nH]c(C(=O)OC4CCCC4)c3C)C2)cc1. The molecule has 1 saturated carbocycles. The molecule has 2 aromatic rings. The molecule has 2 aliphatic carbocycles. The predicted molar refractivity (Wildman–Crippen MR) is 102 cm³/mol. The van der Waals surface area contributed by atoms with E-state index in [0.29, 0.717) is 24.1 Å². The fourth-order valence-electron chi connectivity index (χ4n) is 4.37. The number of esters is 1. The number of aromatic nitrogens is 1. The molecule has 0 radical (unpaired) electrons. The van der Waals surface area contributed by atoms with Gasteiger partial charge in [-0.1, -0.05) is 12.1 Å². The zero-order valence-corrected chi connectivity index (χ0v) is 15.8. The summed E-state index contributed by atoms with van der Waals surface area (Å²) < 4.78 is 10.8. The molecule has 0 spiro atoms. The molecule has 27 heavy (non-hydrogen) atoms. The number of hydrogen-bond donors (Lipinski definition) is 1. The van der Waals surface area contributed by atoms with Crippen molar-refractivity contribution >= 4 is 11.8 Å². The number of Topliss-reactive ketones (excluding diaryl/α,β-unsaturated/α-hetero) is 1. The van der Waals surface area contributed by atoms with Crippen molar-refractivity contribution in [3.05, 3.63) is 52.3 Å². The Kier molecular flexibility index (Phi) is 4.77. The molecular formula is C22H25NO4. The van der Waals surface area contributed by atoms with E-state index in [1.807, 2.05) is 31.2 Å². The molecule has 1 fully saturated rings. The van der Waals surface area contributed by atoms with E-state index in [-0.39, 0.29) is 23.8 Å². The third-order valence-corrected chi connectivity index (χ3v) is 5.86. The maximum atomic E-state index is 12.8. The van der Waals surface area contributed by atoms with Crippen molar-refractivity contribution in [3.63, 3.8) is 0 Å². The number of rotatable bonds is 4. The monoisotopic (exact) mass is 367 g/mol. The first kappa shape index (κ1) is 17.8. The zero-order valence-electron chi connectivity index (χ0n) is 15.8. The van der Waals surface area contributed by atoms with Crippen LogP contribution in [-0.2, 0) is 11.2 Å². The minimum absolute atomic E-state index is 0.0139. The lowest BCUT2D eigenvalue weighted by atomic mass is 9.81. The number of hydrogen-bond acceptors (Lipinski definition) is 4. The molecule has 0 bridgehead atoms. The van der Waals surface area contributed by atoms with Gasteiger partial charge >= 0.3 is 5.97 Å². The van der Waals surface area contributed by atoms with Gasteiger partial charge in [0.1, 0.15) is 17.5 Å². The summed E-state index contributed by atoms with van der Waals surface area (Å²) >= 11 is 0. The summed E-state index contributed by atoms with van der Waals surface area (Å²) in [6.45, 7) is 1.84. The van der Waals surface area contributed by atoms with Gasteiger partial charge < -0.3 is 14.5 Å². The Hall–Kier alpha value is -2.56. The summed E-state index contributed by atoms with van der Waals surface area (Å²) in [5.74, 6) is 0.662. The van der Waals surface area contributed by atoms with Crippen LogP contribution in [0.4, 0.5) is 0 Å². The van der Waals surface area contributed by atoms with E-state index in [9.17, 15) is 9.59 Å². The predicted octanol–water partition coefficient (Wildman–Crippen LogP) is 4.34.